The minimum Gasteiger partial charge on any atom is -0.481 e. The fourth-order valence-corrected chi connectivity index (χ4v) is 3.14. The maximum Gasteiger partial charge on any atom is 0.305 e. The number of aliphatic carboxylic acids is 1. The van der Waals surface area contributed by atoms with Crippen LogP contribution in [0.1, 0.15) is 25.3 Å². The van der Waals surface area contributed by atoms with Crippen molar-refractivity contribution in [2.24, 2.45) is 0 Å². The van der Waals surface area contributed by atoms with Crippen LogP contribution in [0.5, 0.6) is 0 Å². The Labute approximate surface area is 165 Å². The van der Waals surface area contributed by atoms with Crippen LogP contribution in [0.4, 0.5) is 4.39 Å². The zero-order valence-electron chi connectivity index (χ0n) is 15.6. The van der Waals surface area contributed by atoms with Crippen molar-refractivity contribution >= 4 is 34.3 Å². The van der Waals surface area contributed by atoms with Crippen molar-refractivity contribution in [3.8, 4) is 0 Å². The number of carboxylic acid groups (broad SMARTS) is 1. The second kappa shape index (κ2) is 8.36. The van der Waals surface area contributed by atoms with E-state index in [-0.39, 0.29) is 6.42 Å². The van der Waals surface area contributed by atoms with Gasteiger partial charge in [0.2, 0.25) is 0 Å². The zero-order valence-corrected chi connectivity index (χ0v) is 15.6. The van der Waals surface area contributed by atoms with Crippen molar-refractivity contribution in [1.82, 2.24) is 15.8 Å². The zero-order chi connectivity index (χ0) is 21.0. The first-order valence-electron chi connectivity index (χ1n) is 9.02. The second-order valence-electron chi connectivity index (χ2n) is 6.60. The van der Waals surface area contributed by atoms with Gasteiger partial charge in [0, 0.05) is 17.1 Å². The Morgan fingerprint density at radius 3 is 2.76 bits per heavy atom. The van der Waals surface area contributed by atoms with Crippen LogP contribution in [-0.4, -0.2) is 46.1 Å². The number of amides is 1. The number of benzene rings is 1. The van der Waals surface area contributed by atoms with Crippen LogP contribution >= 0.6 is 0 Å². The maximum absolute atomic E-state index is 12.9. The van der Waals surface area contributed by atoms with E-state index in [0.29, 0.717) is 5.70 Å². The van der Waals surface area contributed by atoms with Crippen LogP contribution in [0, 0.1) is 0 Å². The lowest BCUT2D eigenvalue weighted by Gasteiger charge is -2.25. The van der Waals surface area contributed by atoms with Gasteiger partial charge in [0.05, 0.1) is 17.6 Å². The molecule has 2 atom stereocenters. The predicted octanol–water partition coefficient (Wildman–Crippen LogP) is 1.76. The largest absolute Gasteiger partial charge is 0.481 e. The summed E-state index contributed by atoms with van der Waals surface area (Å²) in [4.78, 5) is 45.4. The molecule has 9 heteroatoms. The third-order valence-electron chi connectivity index (χ3n) is 4.77. The van der Waals surface area contributed by atoms with E-state index in [0.717, 1.165) is 16.5 Å². The van der Waals surface area contributed by atoms with Gasteiger partial charge < -0.3 is 10.4 Å². The highest BCUT2D eigenvalue weighted by molar-refractivity contribution is 5.98. The number of hydrogen-bond donors (Lipinski definition) is 3. The first-order valence-corrected chi connectivity index (χ1v) is 9.02. The van der Waals surface area contributed by atoms with Crippen molar-refractivity contribution in [3.05, 3.63) is 48.2 Å². The smallest absolute Gasteiger partial charge is 0.305 e. The molecule has 1 amide bonds. The van der Waals surface area contributed by atoms with Crippen molar-refractivity contribution in [1.29, 1.82) is 0 Å². The van der Waals surface area contributed by atoms with Gasteiger partial charge in [0.1, 0.15) is 12.7 Å². The normalized spacial score (nSPS) is 19.3. The number of rotatable bonds is 8. The lowest BCUT2D eigenvalue weighted by molar-refractivity contribution is -0.147. The molecule has 1 aromatic carbocycles. The van der Waals surface area contributed by atoms with Crippen molar-refractivity contribution in [2.75, 3.05) is 6.67 Å². The molecule has 0 radical (unpaired) electrons. The lowest BCUT2D eigenvalue weighted by atomic mass is 9.95. The number of ketones is 1. The molecule has 0 bridgehead atoms. The molecule has 8 nitrogen and oxygen atoms in total. The molecule has 3 rings (SSSR count). The van der Waals surface area contributed by atoms with Crippen molar-refractivity contribution < 1.29 is 28.7 Å². The average molecular weight is 401 g/mol. The summed E-state index contributed by atoms with van der Waals surface area (Å²) in [5.41, 5.74) is 3.33. The summed E-state index contributed by atoms with van der Waals surface area (Å²) in [6, 6.07) is 7.76. The summed E-state index contributed by atoms with van der Waals surface area (Å²) in [5.74, 6) is -3.07. The van der Waals surface area contributed by atoms with Crippen molar-refractivity contribution in [2.45, 2.75) is 31.4 Å². The van der Waals surface area contributed by atoms with Crippen LogP contribution in [0.15, 0.2) is 42.6 Å². The summed E-state index contributed by atoms with van der Waals surface area (Å²) < 4.78 is 12.8. The van der Waals surface area contributed by atoms with E-state index in [1.165, 1.54) is 0 Å². The van der Waals surface area contributed by atoms with Gasteiger partial charge in [-0.05, 0) is 24.6 Å². The molecular formula is C20H20FN3O5. The Hall–Kier alpha value is -3.33. The van der Waals surface area contributed by atoms with E-state index in [1.807, 2.05) is 24.3 Å². The number of carboxylic acids is 1. The Morgan fingerprint density at radius 2 is 2.07 bits per heavy atom. The number of halogens is 1. The van der Waals surface area contributed by atoms with E-state index in [9.17, 15) is 18.8 Å². The van der Waals surface area contributed by atoms with Gasteiger partial charge in [-0.25, -0.2) is 4.39 Å². The number of nitrogens with one attached hydrogen (secondary N) is 2. The molecule has 1 aromatic heterocycles. The summed E-state index contributed by atoms with van der Waals surface area (Å²) in [6.07, 6.45) is 2.69. The topological polar surface area (TPSA) is 118 Å². The molecule has 0 saturated heterocycles. The second-order valence-corrected chi connectivity index (χ2v) is 6.60. The summed E-state index contributed by atoms with van der Waals surface area (Å²) >= 11 is 0. The molecule has 2 unspecified atom stereocenters. The van der Waals surface area contributed by atoms with Crippen molar-refractivity contribution in [3.63, 3.8) is 0 Å². The maximum atomic E-state index is 12.9. The molecule has 0 spiro atoms. The quantitative estimate of drug-likeness (QED) is 0.617. The van der Waals surface area contributed by atoms with E-state index in [2.05, 4.69) is 15.8 Å². The molecule has 0 fully saturated rings. The number of fused-ring (bicyclic) bond motifs is 1. The Bertz CT molecular complexity index is 988. The van der Waals surface area contributed by atoms with Gasteiger partial charge in [-0.2, -0.15) is 0 Å². The molecule has 152 valence electrons. The molecular weight excluding hydrogens is 381 g/mol. The fraction of sp³-hybridized carbons (Fsp3) is 0.300. The van der Waals surface area contributed by atoms with Crippen LogP contribution in [0.2, 0.25) is 0 Å². The average Bonchev–Trinajstić information content (AvgIpc) is 3.17. The molecule has 0 saturated carbocycles. The number of alkyl halides is 1. The lowest BCUT2D eigenvalue weighted by Crippen LogP contribution is -2.53. The number of Topliss-reactive ketones (excluding diaryl/α,β-unsaturated/α-hetero) is 1. The summed E-state index contributed by atoms with van der Waals surface area (Å²) in [7, 11) is 0. The van der Waals surface area contributed by atoms with Crippen LogP contribution in [0.3, 0.4) is 0 Å². The molecule has 1 aliphatic rings. The minimum absolute atomic E-state index is 0.196. The van der Waals surface area contributed by atoms with Gasteiger partial charge in [0.25, 0.3) is 5.91 Å². The first kappa shape index (κ1) is 20.4. The number of pyridine rings is 1. The number of hydroxylamine groups is 1. The van der Waals surface area contributed by atoms with Crippen LogP contribution in [0.25, 0.3) is 16.6 Å². The highest BCUT2D eigenvalue weighted by Gasteiger charge is 2.43. The van der Waals surface area contributed by atoms with E-state index >= 15 is 0 Å². The SMILES string of the molecule is CCC1(C(=O)NC(CC(=O)O)C(=O)CF)C=C(c2ccnc3ccccc23)NO1. The number of aromatic nitrogens is 1. The molecule has 3 N–H and O–H groups in total. The number of carbonyl (C=O) groups is 3. The molecule has 2 heterocycles. The minimum atomic E-state index is -1.48. The third kappa shape index (κ3) is 4.09. The molecule has 1 aliphatic heterocycles. The standard InChI is InChI=1S/C20H20FN3O5/c1-2-20(19(28)23-15(9-18(26)27)17(25)11-21)10-16(24-29-20)13-7-8-22-14-6-4-3-5-12(13)14/h3-8,10,15,24H,2,9,11H2,1H3,(H,23,28)(H,26,27). The third-order valence-corrected chi connectivity index (χ3v) is 4.77. The molecule has 0 aliphatic carbocycles. The highest BCUT2D eigenvalue weighted by Crippen LogP contribution is 2.32. The number of nitrogens with zero attached hydrogens (tertiary/aromatic N) is 1. The Morgan fingerprint density at radius 1 is 1.31 bits per heavy atom. The number of carbonyl (C=O) groups excluding carboxylic acids is 2. The monoisotopic (exact) mass is 401 g/mol. The molecule has 2 aromatic rings. The predicted molar refractivity (Wildman–Crippen MR) is 102 cm³/mol. The van der Waals surface area contributed by atoms with E-state index in [1.54, 1.807) is 25.3 Å². The summed E-state index contributed by atoms with van der Waals surface area (Å²) in [5, 5.41) is 12.1. The van der Waals surface area contributed by atoms with E-state index in [4.69, 9.17) is 9.94 Å². The van der Waals surface area contributed by atoms with Crippen LogP contribution < -0.4 is 10.8 Å². The van der Waals surface area contributed by atoms with Gasteiger partial charge >= 0.3 is 5.97 Å². The van der Waals surface area contributed by atoms with Crippen LogP contribution in [-0.2, 0) is 19.2 Å². The van der Waals surface area contributed by atoms with E-state index < -0.39 is 42.4 Å². The Kier molecular flexibility index (Phi) is 5.88. The number of para-hydroxylation sites is 1. The van der Waals surface area contributed by atoms with Gasteiger partial charge in [-0.1, -0.05) is 25.1 Å². The van der Waals surface area contributed by atoms with Gasteiger partial charge in [-0.3, -0.25) is 29.7 Å². The fourth-order valence-electron chi connectivity index (χ4n) is 3.14. The van der Waals surface area contributed by atoms with Gasteiger partial charge in [-0.15, -0.1) is 0 Å². The van der Waals surface area contributed by atoms with Gasteiger partial charge in [0.15, 0.2) is 11.4 Å². The number of hydrogen-bond acceptors (Lipinski definition) is 6. The Balaban J connectivity index is 1.91. The molecule has 29 heavy (non-hydrogen) atoms. The first-order chi connectivity index (χ1) is 13.9. The highest BCUT2D eigenvalue weighted by atomic mass is 19.1. The summed E-state index contributed by atoms with van der Waals surface area (Å²) in [6.45, 7) is 0.328.